The minimum absolute atomic E-state index is 0.0655. The van der Waals surface area contributed by atoms with Gasteiger partial charge in [0.15, 0.2) is 5.69 Å². The molecule has 0 radical (unpaired) electrons. The van der Waals surface area contributed by atoms with Crippen LogP contribution in [0.5, 0.6) is 0 Å². The minimum Gasteiger partial charge on any atom is -0.360 e. The minimum atomic E-state index is -3.37. The smallest absolute Gasteiger partial charge is 0.273 e. The van der Waals surface area contributed by atoms with Crippen LogP contribution >= 0.6 is 0 Å². The van der Waals surface area contributed by atoms with Gasteiger partial charge in [0, 0.05) is 43.2 Å². The van der Waals surface area contributed by atoms with Gasteiger partial charge in [0.05, 0.1) is 4.75 Å². The highest BCUT2D eigenvalue weighted by molar-refractivity contribution is 7.90. The zero-order chi connectivity index (χ0) is 26.9. The van der Waals surface area contributed by atoms with Gasteiger partial charge in [-0.25, -0.2) is 17.1 Å². The van der Waals surface area contributed by atoms with E-state index < -0.39 is 14.8 Å². The highest BCUT2D eigenvalue weighted by Gasteiger charge is 2.73. The van der Waals surface area contributed by atoms with Crippen molar-refractivity contribution in [3.8, 4) is 0 Å². The zero-order valence-electron chi connectivity index (χ0n) is 22.3. The van der Waals surface area contributed by atoms with Crippen molar-refractivity contribution in [2.75, 3.05) is 13.1 Å². The standard InChI is InChI=1S/C29H37FN4O4S/c1-17(18-4-6-22(30)7-5-18)31-23-8-10-34(11-9-23)39(36,37)29-15-20-12-24(13-21(16-29)27(20)29)32-28(35)25-14-26(38-33-25)19-2-3-19/h4-7,14,17,19-21,23-24,27,31H,2-3,8-13,15-16H2,1H3,(H,32,35)/t17-,20-,21+,24-,27?,29?/m0/s1. The molecule has 1 aromatic heterocycles. The Balaban J connectivity index is 0.921. The van der Waals surface area contributed by atoms with Gasteiger partial charge < -0.3 is 15.2 Å². The maximum atomic E-state index is 13.9. The number of aromatic nitrogens is 1. The molecule has 2 N–H and O–H groups in total. The van der Waals surface area contributed by atoms with Crippen molar-refractivity contribution in [1.29, 1.82) is 0 Å². The predicted molar refractivity (Wildman–Crippen MR) is 143 cm³/mol. The fraction of sp³-hybridized carbons (Fsp3) is 0.655. The average Bonchev–Trinajstić information content (AvgIpc) is 3.62. The molecule has 5 fully saturated rings. The van der Waals surface area contributed by atoms with Gasteiger partial charge in [0.25, 0.3) is 5.91 Å². The number of halogens is 1. The van der Waals surface area contributed by atoms with E-state index in [-0.39, 0.29) is 35.8 Å². The Morgan fingerprint density at radius 2 is 1.74 bits per heavy atom. The molecule has 4 saturated carbocycles. The Hall–Kier alpha value is -2.30. The van der Waals surface area contributed by atoms with E-state index in [0.29, 0.717) is 49.4 Å². The van der Waals surface area contributed by atoms with E-state index in [0.717, 1.165) is 49.8 Å². The first kappa shape index (κ1) is 25.7. The van der Waals surface area contributed by atoms with Gasteiger partial charge in [0.2, 0.25) is 10.0 Å². The lowest BCUT2D eigenvalue weighted by Gasteiger charge is -2.70. The Bertz CT molecular complexity index is 1330. The monoisotopic (exact) mass is 556 g/mol. The summed E-state index contributed by atoms with van der Waals surface area (Å²) in [5, 5.41) is 10.7. The fourth-order valence-electron chi connectivity index (χ4n) is 8.14. The van der Waals surface area contributed by atoms with E-state index in [2.05, 4.69) is 22.7 Å². The summed E-state index contributed by atoms with van der Waals surface area (Å²) in [6, 6.07) is 8.70. The maximum Gasteiger partial charge on any atom is 0.273 e. The molecule has 1 saturated heterocycles. The summed E-state index contributed by atoms with van der Waals surface area (Å²) in [6.07, 6.45) is 6.83. The van der Waals surface area contributed by atoms with Gasteiger partial charge in [-0.3, -0.25) is 4.79 Å². The maximum absolute atomic E-state index is 13.9. The van der Waals surface area contributed by atoms with Crippen molar-refractivity contribution in [3.63, 3.8) is 0 Å². The molecule has 0 spiro atoms. The van der Waals surface area contributed by atoms with Gasteiger partial charge in [0.1, 0.15) is 11.6 Å². The second kappa shape index (κ2) is 9.38. The van der Waals surface area contributed by atoms with E-state index >= 15 is 0 Å². The lowest BCUT2D eigenvalue weighted by molar-refractivity contribution is -0.108. The molecule has 5 aliphatic rings. The molecule has 210 valence electrons. The number of nitrogens with zero attached hydrogens (tertiary/aromatic N) is 2. The molecule has 7 rings (SSSR count). The quantitative estimate of drug-likeness (QED) is 0.507. The lowest BCUT2D eigenvalue weighted by Crippen LogP contribution is -2.75. The summed E-state index contributed by atoms with van der Waals surface area (Å²) in [5.74, 6) is 1.73. The summed E-state index contributed by atoms with van der Waals surface area (Å²) >= 11 is 0. The summed E-state index contributed by atoms with van der Waals surface area (Å²) in [5.41, 5.74) is 1.38. The number of hydrogen-bond donors (Lipinski definition) is 2. The van der Waals surface area contributed by atoms with Crippen molar-refractivity contribution in [2.45, 2.75) is 87.1 Å². The first-order valence-electron chi connectivity index (χ1n) is 14.5. The fourth-order valence-corrected chi connectivity index (χ4v) is 10.9. The molecule has 1 aliphatic heterocycles. The van der Waals surface area contributed by atoms with Crippen molar-refractivity contribution in [2.24, 2.45) is 17.8 Å². The number of hydrogen-bond acceptors (Lipinski definition) is 6. The molecule has 0 bridgehead atoms. The third-order valence-electron chi connectivity index (χ3n) is 10.3. The number of piperidine rings is 1. The second-order valence-electron chi connectivity index (χ2n) is 12.7. The van der Waals surface area contributed by atoms with Crippen LogP contribution in [0.1, 0.15) is 92.1 Å². The second-order valence-corrected chi connectivity index (χ2v) is 14.9. The molecule has 10 heteroatoms. The van der Waals surface area contributed by atoms with Crippen molar-refractivity contribution in [3.05, 3.63) is 53.2 Å². The average molecular weight is 557 g/mol. The Labute approximate surface area is 229 Å². The molecule has 8 nitrogen and oxygen atoms in total. The summed E-state index contributed by atoms with van der Waals surface area (Å²) in [4.78, 5) is 12.8. The van der Waals surface area contributed by atoms with E-state index in [1.54, 1.807) is 22.5 Å². The highest BCUT2D eigenvalue weighted by atomic mass is 32.2. The molecule has 2 aromatic rings. The number of amides is 1. The van der Waals surface area contributed by atoms with Crippen LogP contribution in [0.2, 0.25) is 0 Å². The van der Waals surface area contributed by atoms with Crippen LogP contribution in [0, 0.1) is 23.6 Å². The van der Waals surface area contributed by atoms with Crippen LogP contribution < -0.4 is 10.6 Å². The zero-order valence-corrected chi connectivity index (χ0v) is 23.1. The molecular formula is C29H37FN4O4S. The topological polar surface area (TPSA) is 105 Å². The van der Waals surface area contributed by atoms with Gasteiger partial charge in [-0.2, -0.15) is 0 Å². The van der Waals surface area contributed by atoms with Crippen molar-refractivity contribution >= 4 is 15.9 Å². The summed E-state index contributed by atoms with van der Waals surface area (Å²) in [6.45, 7) is 3.15. The molecule has 39 heavy (non-hydrogen) atoms. The molecule has 1 aromatic carbocycles. The van der Waals surface area contributed by atoms with Crippen LogP contribution in [0.3, 0.4) is 0 Å². The van der Waals surface area contributed by atoms with Gasteiger partial charge in [-0.15, -0.1) is 0 Å². The number of rotatable bonds is 8. The van der Waals surface area contributed by atoms with Gasteiger partial charge >= 0.3 is 0 Å². The largest absolute Gasteiger partial charge is 0.360 e. The molecule has 2 heterocycles. The molecule has 6 atom stereocenters. The summed E-state index contributed by atoms with van der Waals surface area (Å²) < 4.78 is 47.4. The third-order valence-corrected chi connectivity index (χ3v) is 12.9. The summed E-state index contributed by atoms with van der Waals surface area (Å²) in [7, 11) is -3.37. The normalized spacial score (nSPS) is 33.5. The number of sulfonamides is 1. The Morgan fingerprint density at radius 1 is 1.08 bits per heavy atom. The van der Waals surface area contributed by atoms with Gasteiger partial charge in [-0.05, 0) is 93.7 Å². The Kier molecular flexibility index (Phi) is 6.17. The molecule has 4 aliphatic carbocycles. The number of carbonyl (C=O) groups is 1. The van der Waals surface area contributed by atoms with E-state index in [1.807, 2.05) is 0 Å². The third kappa shape index (κ3) is 4.34. The van der Waals surface area contributed by atoms with Crippen LogP contribution in [-0.2, 0) is 10.0 Å². The molecule has 1 amide bonds. The van der Waals surface area contributed by atoms with Crippen LogP contribution in [0.4, 0.5) is 4.39 Å². The SMILES string of the molecule is C[C@H](NC1CCN(S(=O)(=O)C23C[C@H]4C[C@@H](NC(=O)c5cc(C6CC6)on5)C[C@@H](C2)C43)CC1)c1ccc(F)cc1. The van der Waals surface area contributed by atoms with E-state index in [4.69, 9.17) is 4.52 Å². The van der Waals surface area contributed by atoms with E-state index in [1.165, 1.54) is 12.1 Å². The Morgan fingerprint density at radius 3 is 2.38 bits per heavy atom. The number of nitrogens with one attached hydrogen (secondary N) is 2. The van der Waals surface area contributed by atoms with Crippen molar-refractivity contribution in [1.82, 2.24) is 20.1 Å². The first-order valence-corrected chi connectivity index (χ1v) is 16.0. The van der Waals surface area contributed by atoms with Crippen molar-refractivity contribution < 1.29 is 22.1 Å². The van der Waals surface area contributed by atoms with Crippen LogP contribution in [-0.4, -0.2) is 53.7 Å². The highest BCUT2D eigenvalue weighted by Crippen LogP contribution is 2.69. The van der Waals surface area contributed by atoms with E-state index in [9.17, 15) is 17.6 Å². The van der Waals surface area contributed by atoms with Gasteiger partial charge in [-0.1, -0.05) is 17.3 Å². The molecule has 2 unspecified atom stereocenters. The predicted octanol–water partition coefficient (Wildman–Crippen LogP) is 4.12. The molecular weight excluding hydrogens is 519 g/mol. The number of carbonyl (C=O) groups excluding carboxylic acids is 1. The lowest BCUT2D eigenvalue weighted by atomic mass is 9.42. The van der Waals surface area contributed by atoms with Crippen LogP contribution in [0.15, 0.2) is 34.9 Å². The van der Waals surface area contributed by atoms with Crippen LogP contribution in [0.25, 0.3) is 0 Å². The number of benzene rings is 1. The first-order chi connectivity index (χ1) is 18.7.